The molecule has 0 saturated heterocycles. The maximum absolute atomic E-state index is 6.49. The van der Waals surface area contributed by atoms with Crippen LogP contribution in [0, 0.1) is 5.92 Å². The van der Waals surface area contributed by atoms with E-state index < -0.39 is 0 Å². The predicted octanol–water partition coefficient (Wildman–Crippen LogP) is 7.28. The van der Waals surface area contributed by atoms with Gasteiger partial charge >= 0.3 is 0 Å². The smallest absolute Gasteiger partial charge is 0.124 e. The van der Waals surface area contributed by atoms with Gasteiger partial charge in [-0.25, -0.2) is 0 Å². The fourth-order valence-corrected chi connectivity index (χ4v) is 4.58. The highest BCUT2D eigenvalue weighted by atomic mass is 16.5. The third kappa shape index (κ3) is 3.86. The lowest BCUT2D eigenvalue weighted by atomic mass is 9.67. The molecule has 0 saturated carbocycles. The van der Waals surface area contributed by atoms with Crippen LogP contribution in [0.25, 0.3) is 5.57 Å². The third-order valence-electron chi connectivity index (χ3n) is 6.17. The Balaban J connectivity index is 1.81. The normalized spacial score (nSPS) is 23.9. The first kappa shape index (κ1) is 18.3. The number of ether oxygens (including phenoxy) is 1. The van der Waals surface area contributed by atoms with Crippen LogP contribution in [0.5, 0.6) is 5.75 Å². The second kappa shape index (κ2) is 7.40. The van der Waals surface area contributed by atoms with Crippen molar-refractivity contribution in [1.82, 2.24) is 0 Å². The molecule has 1 aromatic carbocycles. The van der Waals surface area contributed by atoms with Gasteiger partial charge < -0.3 is 4.74 Å². The maximum atomic E-state index is 6.49. The molecule has 1 aromatic rings. The topological polar surface area (TPSA) is 9.23 Å². The number of fused-ring (bicyclic) bond motifs is 3. The standard InChI is InChI=1S/C24H34O/c1-6-7-8-9-10-18(3)19-12-13-20-21-15-17(2)11-14-22(21)24(4,5)25-23(20)16-19/h11-13,16,21-22H,3,6-10,14-15H2,1-2,4-5H3/t21-,22+/m0/s1. The Morgan fingerprint density at radius 3 is 2.80 bits per heavy atom. The molecule has 0 amide bonds. The molecule has 3 rings (SSSR count). The van der Waals surface area contributed by atoms with E-state index >= 15 is 0 Å². The quantitative estimate of drug-likeness (QED) is 0.391. The molecule has 0 unspecified atom stereocenters. The van der Waals surface area contributed by atoms with E-state index in [-0.39, 0.29) is 5.60 Å². The SMILES string of the molecule is C=C(CCCCCC)c1ccc2c(c1)OC(C)(C)[C@@H]1CC=C(C)C[C@@H]21. The van der Waals surface area contributed by atoms with Gasteiger partial charge in [-0.3, -0.25) is 0 Å². The monoisotopic (exact) mass is 338 g/mol. The van der Waals surface area contributed by atoms with Crippen molar-refractivity contribution in [3.05, 3.63) is 47.6 Å². The zero-order valence-electron chi connectivity index (χ0n) is 16.5. The second-order valence-corrected chi connectivity index (χ2v) is 8.58. The zero-order chi connectivity index (χ0) is 18.0. The van der Waals surface area contributed by atoms with E-state index in [1.165, 1.54) is 54.4 Å². The van der Waals surface area contributed by atoms with E-state index in [2.05, 4.69) is 58.5 Å². The summed E-state index contributed by atoms with van der Waals surface area (Å²) >= 11 is 0. The van der Waals surface area contributed by atoms with E-state index in [0.29, 0.717) is 11.8 Å². The minimum absolute atomic E-state index is 0.101. The van der Waals surface area contributed by atoms with Gasteiger partial charge in [0.05, 0.1) is 0 Å². The number of benzene rings is 1. The van der Waals surface area contributed by atoms with Crippen molar-refractivity contribution in [1.29, 1.82) is 0 Å². The Labute approximate surface area is 154 Å². The van der Waals surface area contributed by atoms with E-state index in [1.54, 1.807) is 0 Å². The fraction of sp³-hybridized carbons (Fsp3) is 0.583. The first-order valence-corrected chi connectivity index (χ1v) is 10.1. The minimum atomic E-state index is -0.101. The van der Waals surface area contributed by atoms with Gasteiger partial charge in [0.1, 0.15) is 11.4 Å². The maximum Gasteiger partial charge on any atom is 0.124 e. The summed E-state index contributed by atoms with van der Waals surface area (Å²) in [5.74, 6) is 2.26. The van der Waals surface area contributed by atoms with Crippen LogP contribution < -0.4 is 4.74 Å². The lowest BCUT2D eigenvalue weighted by molar-refractivity contribution is 0.00853. The van der Waals surface area contributed by atoms with E-state index in [1.807, 2.05) is 0 Å². The predicted molar refractivity (Wildman–Crippen MR) is 108 cm³/mol. The molecule has 136 valence electrons. The average Bonchev–Trinajstić information content (AvgIpc) is 2.57. The minimum Gasteiger partial charge on any atom is -0.487 e. The van der Waals surface area contributed by atoms with Crippen LogP contribution in [0.15, 0.2) is 36.4 Å². The van der Waals surface area contributed by atoms with Crippen molar-refractivity contribution >= 4 is 5.57 Å². The summed E-state index contributed by atoms with van der Waals surface area (Å²) in [6.07, 6.45) is 11.0. The molecule has 2 aliphatic rings. The number of hydrogen-bond acceptors (Lipinski definition) is 1. The molecule has 1 heteroatoms. The molecule has 0 N–H and O–H groups in total. The van der Waals surface area contributed by atoms with Crippen molar-refractivity contribution in [3.8, 4) is 5.75 Å². The van der Waals surface area contributed by atoms with Crippen molar-refractivity contribution in [2.45, 2.75) is 84.2 Å². The van der Waals surface area contributed by atoms with Crippen molar-refractivity contribution in [3.63, 3.8) is 0 Å². The van der Waals surface area contributed by atoms with Gasteiger partial charge in [0.25, 0.3) is 0 Å². The van der Waals surface area contributed by atoms with Crippen LogP contribution in [-0.2, 0) is 0 Å². The molecule has 1 aliphatic carbocycles. The Morgan fingerprint density at radius 1 is 1.24 bits per heavy atom. The van der Waals surface area contributed by atoms with Crippen molar-refractivity contribution in [2.75, 3.05) is 0 Å². The van der Waals surface area contributed by atoms with Crippen LogP contribution in [-0.4, -0.2) is 5.60 Å². The summed E-state index contributed by atoms with van der Waals surface area (Å²) in [4.78, 5) is 0. The average molecular weight is 339 g/mol. The number of allylic oxidation sites excluding steroid dienone is 3. The summed E-state index contributed by atoms with van der Waals surface area (Å²) < 4.78 is 6.49. The van der Waals surface area contributed by atoms with Crippen molar-refractivity contribution in [2.24, 2.45) is 5.92 Å². The summed E-state index contributed by atoms with van der Waals surface area (Å²) in [6, 6.07) is 6.84. The molecule has 0 spiro atoms. The summed E-state index contributed by atoms with van der Waals surface area (Å²) in [7, 11) is 0. The van der Waals surface area contributed by atoms with Gasteiger partial charge in [-0.1, -0.05) is 56.5 Å². The molecule has 1 heterocycles. The zero-order valence-corrected chi connectivity index (χ0v) is 16.5. The highest BCUT2D eigenvalue weighted by Crippen LogP contribution is 2.51. The van der Waals surface area contributed by atoms with E-state index in [0.717, 1.165) is 18.6 Å². The Bertz CT molecular complexity index is 665. The second-order valence-electron chi connectivity index (χ2n) is 8.58. The molecule has 1 aliphatic heterocycles. The molecule has 0 radical (unpaired) electrons. The Hall–Kier alpha value is -1.50. The molecule has 0 bridgehead atoms. The summed E-state index contributed by atoms with van der Waals surface area (Å²) in [5, 5.41) is 0. The van der Waals surface area contributed by atoms with Crippen LogP contribution in [0.3, 0.4) is 0 Å². The van der Waals surface area contributed by atoms with Gasteiger partial charge in [0.2, 0.25) is 0 Å². The molecular weight excluding hydrogens is 304 g/mol. The first-order valence-electron chi connectivity index (χ1n) is 10.1. The molecule has 0 aromatic heterocycles. The summed E-state index contributed by atoms with van der Waals surface area (Å²) in [5.41, 5.74) is 5.33. The number of hydrogen-bond donors (Lipinski definition) is 0. The van der Waals surface area contributed by atoms with Crippen molar-refractivity contribution < 1.29 is 4.74 Å². The molecular formula is C24H34O. The molecule has 1 nitrogen and oxygen atoms in total. The van der Waals surface area contributed by atoms with Gasteiger partial charge in [-0.2, -0.15) is 0 Å². The highest BCUT2D eigenvalue weighted by Gasteiger charge is 2.44. The lowest BCUT2D eigenvalue weighted by Crippen LogP contribution is -2.45. The Kier molecular flexibility index (Phi) is 5.41. The van der Waals surface area contributed by atoms with Gasteiger partial charge in [0.15, 0.2) is 0 Å². The molecule has 25 heavy (non-hydrogen) atoms. The van der Waals surface area contributed by atoms with Crippen LogP contribution >= 0.6 is 0 Å². The first-order chi connectivity index (χ1) is 11.9. The molecule has 0 fully saturated rings. The highest BCUT2D eigenvalue weighted by molar-refractivity contribution is 5.66. The number of unbranched alkanes of at least 4 members (excludes halogenated alkanes) is 3. The summed E-state index contributed by atoms with van der Waals surface area (Å²) in [6.45, 7) is 13.4. The third-order valence-corrected chi connectivity index (χ3v) is 6.17. The molecule has 2 atom stereocenters. The van der Waals surface area contributed by atoms with E-state index in [9.17, 15) is 0 Å². The lowest BCUT2D eigenvalue weighted by Gasteiger charge is -2.47. The number of rotatable bonds is 6. The van der Waals surface area contributed by atoms with Gasteiger partial charge in [0, 0.05) is 5.92 Å². The largest absolute Gasteiger partial charge is 0.487 e. The van der Waals surface area contributed by atoms with Crippen LogP contribution in [0.2, 0.25) is 0 Å². The van der Waals surface area contributed by atoms with Crippen LogP contribution in [0.1, 0.15) is 89.7 Å². The Morgan fingerprint density at radius 2 is 2.04 bits per heavy atom. The fourth-order valence-electron chi connectivity index (χ4n) is 4.58. The van der Waals surface area contributed by atoms with E-state index in [4.69, 9.17) is 4.74 Å². The van der Waals surface area contributed by atoms with Gasteiger partial charge in [-0.15, -0.1) is 0 Å². The van der Waals surface area contributed by atoms with Gasteiger partial charge in [-0.05, 0) is 75.1 Å². The van der Waals surface area contributed by atoms with Crippen LogP contribution in [0.4, 0.5) is 0 Å².